The Morgan fingerprint density at radius 1 is 1.05 bits per heavy atom. The first-order chi connectivity index (χ1) is 19.7. The Bertz CT molecular complexity index is 1590. The molecule has 1 saturated heterocycles. The molecule has 3 aliphatic rings. The second kappa shape index (κ2) is 10.9. The summed E-state index contributed by atoms with van der Waals surface area (Å²) < 4.78 is 53.5. The van der Waals surface area contributed by atoms with Crippen molar-refractivity contribution in [1.29, 1.82) is 5.26 Å². The molecule has 3 fully saturated rings. The molecule has 0 spiro atoms. The lowest BCUT2D eigenvalue weighted by Gasteiger charge is -2.31. The lowest BCUT2D eigenvalue weighted by molar-refractivity contribution is -0.125. The van der Waals surface area contributed by atoms with E-state index in [0.717, 1.165) is 48.2 Å². The average molecular weight is 596 g/mol. The molecule has 0 N–H and O–H groups in total. The molecule has 2 aromatic carbocycles. The van der Waals surface area contributed by atoms with Gasteiger partial charge in [-0.2, -0.15) is 5.26 Å². The Kier molecular flexibility index (Phi) is 7.45. The number of rotatable bonds is 7. The van der Waals surface area contributed by atoms with Gasteiger partial charge in [-0.1, -0.05) is 31.0 Å². The fourth-order valence-corrected chi connectivity index (χ4v) is 8.57. The second-order valence-corrected chi connectivity index (χ2v) is 14.9. The number of hydrogen-bond donors (Lipinski definition) is 0. The van der Waals surface area contributed by atoms with Crippen molar-refractivity contribution < 1.29 is 22.0 Å². The summed E-state index contributed by atoms with van der Waals surface area (Å²) in [5.74, 6) is -1.54. The molecule has 10 heteroatoms. The van der Waals surface area contributed by atoms with Crippen LogP contribution in [0.15, 0.2) is 42.5 Å². The molecule has 0 amide bonds. The first-order valence-corrected chi connectivity index (χ1v) is 16.8. The molecule has 0 bridgehead atoms. The molecule has 214 valence electrons. The standard InChI is InChI=1S/C31H31F2N3O3S2/c32-24-6-3-7-25(33)27(24)30-35-28(23-5-2-1-4-22(23)26(37)18-31(19-34)12-13-31)29(40-30)20-8-10-21(11-9-20)36-14-16-41(38,39)17-15-36/h3,6-11,22-23H,1-2,4-5,12-18H2/t22-,23-/m1/s1. The fourth-order valence-electron chi connectivity index (χ4n) is 6.18. The minimum absolute atomic E-state index is 0.0849. The number of Topliss-reactive ketones (excluding diaryl/α,β-unsaturated/α-hetero) is 1. The van der Waals surface area contributed by atoms with Gasteiger partial charge >= 0.3 is 0 Å². The molecule has 2 aliphatic carbocycles. The van der Waals surface area contributed by atoms with Crippen molar-refractivity contribution in [2.24, 2.45) is 11.3 Å². The number of carbonyl (C=O) groups is 1. The molecule has 3 aromatic rings. The van der Waals surface area contributed by atoms with Crippen LogP contribution in [-0.2, 0) is 14.6 Å². The SMILES string of the molecule is N#CC1(CC(=O)[C@@H]2CCCC[C@H]2c2nc(-c3c(F)cccc3F)sc2-c2ccc(N3CCS(=O)(=O)CC3)cc2)CC1. The van der Waals surface area contributed by atoms with E-state index in [9.17, 15) is 27.3 Å². The Morgan fingerprint density at radius 3 is 2.34 bits per heavy atom. The number of sulfone groups is 1. The van der Waals surface area contributed by atoms with Gasteiger partial charge in [0.1, 0.15) is 22.4 Å². The Labute approximate surface area is 242 Å². The number of benzene rings is 2. The number of nitrogens with zero attached hydrogens (tertiary/aromatic N) is 3. The van der Waals surface area contributed by atoms with Crippen molar-refractivity contribution in [3.63, 3.8) is 0 Å². The maximum Gasteiger partial charge on any atom is 0.153 e. The monoisotopic (exact) mass is 595 g/mol. The highest BCUT2D eigenvalue weighted by molar-refractivity contribution is 7.91. The van der Waals surface area contributed by atoms with Gasteiger partial charge in [0.15, 0.2) is 9.84 Å². The van der Waals surface area contributed by atoms with Crippen molar-refractivity contribution in [3.8, 4) is 27.1 Å². The minimum Gasteiger partial charge on any atom is -0.369 e. The van der Waals surface area contributed by atoms with Crippen LogP contribution in [0.1, 0.15) is 56.6 Å². The topological polar surface area (TPSA) is 91.1 Å². The van der Waals surface area contributed by atoms with Crippen molar-refractivity contribution in [3.05, 3.63) is 59.8 Å². The van der Waals surface area contributed by atoms with Crippen molar-refractivity contribution >= 4 is 32.6 Å². The molecule has 2 atom stereocenters. The summed E-state index contributed by atoms with van der Waals surface area (Å²) >= 11 is 1.22. The maximum absolute atomic E-state index is 14.9. The minimum atomic E-state index is -3.00. The lowest BCUT2D eigenvalue weighted by atomic mass is 9.73. The predicted octanol–water partition coefficient (Wildman–Crippen LogP) is 6.53. The van der Waals surface area contributed by atoms with E-state index < -0.39 is 26.9 Å². The van der Waals surface area contributed by atoms with Crippen LogP contribution >= 0.6 is 11.3 Å². The summed E-state index contributed by atoms with van der Waals surface area (Å²) in [6, 6.07) is 13.8. The molecule has 2 saturated carbocycles. The Hall–Kier alpha value is -3.16. The number of ketones is 1. The quantitative estimate of drug-likeness (QED) is 0.309. The third-order valence-corrected chi connectivity index (χ3v) is 11.6. The van der Waals surface area contributed by atoms with E-state index in [1.807, 2.05) is 29.2 Å². The van der Waals surface area contributed by atoms with Gasteiger partial charge in [0.25, 0.3) is 0 Å². The first kappa shape index (κ1) is 28.0. The zero-order valence-electron chi connectivity index (χ0n) is 22.6. The molecule has 0 unspecified atom stereocenters. The average Bonchev–Trinajstić information content (AvgIpc) is 3.61. The molecule has 2 heterocycles. The smallest absolute Gasteiger partial charge is 0.153 e. The number of anilines is 1. The van der Waals surface area contributed by atoms with E-state index in [1.54, 1.807) is 0 Å². The van der Waals surface area contributed by atoms with Crippen LogP contribution in [0.4, 0.5) is 14.5 Å². The summed E-state index contributed by atoms with van der Waals surface area (Å²) in [5, 5.41) is 9.83. The summed E-state index contributed by atoms with van der Waals surface area (Å²) in [5.41, 5.74) is 1.73. The zero-order valence-corrected chi connectivity index (χ0v) is 24.2. The van der Waals surface area contributed by atoms with E-state index in [-0.39, 0.29) is 46.1 Å². The number of hydrogen-bond acceptors (Lipinski definition) is 7. The van der Waals surface area contributed by atoms with E-state index in [0.29, 0.717) is 25.2 Å². The van der Waals surface area contributed by atoms with Gasteiger partial charge in [-0.05, 0) is 55.5 Å². The van der Waals surface area contributed by atoms with Gasteiger partial charge in [0, 0.05) is 37.0 Å². The molecule has 41 heavy (non-hydrogen) atoms. The van der Waals surface area contributed by atoms with Gasteiger partial charge < -0.3 is 4.90 Å². The van der Waals surface area contributed by atoms with Crippen LogP contribution in [0.2, 0.25) is 0 Å². The van der Waals surface area contributed by atoms with Gasteiger partial charge in [0.05, 0.1) is 39.1 Å². The summed E-state index contributed by atoms with van der Waals surface area (Å²) in [6.07, 6.45) is 5.05. The molecule has 1 aliphatic heterocycles. The van der Waals surface area contributed by atoms with Crippen LogP contribution < -0.4 is 4.90 Å². The highest BCUT2D eigenvalue weighted by atomic mass is 32.2. The highest BCUT2D eigenvalue weighted by Crippen LogP contribution is 2.52. The van der Waals surface area contributed by atoms with Gasteiger partial charge in [-0.3, -0.25) is 4.79 Å². The van der Waals surface area contributed by atoms with Gasteiger partial charge in [0.2, 0.25) is 0 Å². The van der Waals surface area contributed by atoms with Gasteiger partial charge in [-0.15, -0.1) is 11.3 Å². The summed E-state index contributed by atoms with van der Waals surface area (Å²) in [6.45, 7) is 0.862. The lowest BCUT2D eigenvalue weighted by Crippen LogP contribution is -2.40. The van der Waals surface area contributed by atoms with Crippen molar-refractivity contribution in [2.45, 2.75) is 50.9 Å². The number of aromatic nitrogens is 1. The van der Waals surface area contributed by atoms with E-state index in [4.69, 9.17) is 4.98 Å². The van der Waals surface area contributed by atoms with Crippen LogP contribution in [0, 0.1) is 34.3 Å². The molecule has 6 nitrogen and oxygen atoms in total. The number of nitriles is 1. The number of halogens is 2. The predicted molar refractivity (Wildman–Crippen MR) is 155 cm³/mol. The third-order valence-electron chi connectivity index (χ3n) is 8.80. The van der Waals surface area contributed by atoms with Gasteiger partial charge in [-0.25, -0.2) is 22.2 Å². The molecule has 1 aromatic heterocycles. The molecule has 6 rings (SSSR count). The third kappa shape index (κ3) is 5.67. The second-order valence-electron chi connectivity index (χ2n) is 11.5. The Balaban J connectivity index is 1.38. The highest BCUT2D eigenvalue weighted by Gasteiger charge is 2.47. The first-order valence-electron chi connectivity index (χ1n) is 14.1. The molecular weight excluding hydrogens is 564 g/mol. The summed E-state index contributed by atoms with van der Waals surface area (Å²) in [4.78, 5) is 21.2. The summed E-state index contributed by atoms with van der Waals surface area (Å²) in [7, 11) is -3.00. The van der Waals surface area contributed by atoms with E-state index in [2.05, 4.69) is 6.07 Å². The molecular formula is C31H31F2N3O3S2. The van der Waals surface area contributed by atoms with E-state index in [1.165, 1.54) is 29.5 Å². The van der Waals surface area contributed by atoms with Crippen molar-refractivity contribution in [1.82, 2.24) is 4.98 Å². The fraction of sp³-hybridized carbons (Fsp3) is 0.452. The van der Waals surface area contributed by atoms with Crippen LogP contribution in [0.25, 0.3) is 21.0 Å². The van der Waals surface area contributed by atoms with Crippen LogP contribution in [0.3, 0.4) is 0 Å². The number of thiazole rings is 1. The van der Waals surface area contributed by atoms with Crippen molar-refractivity contribution in [2.75, 3.05) is 29.5 Å². The zero-order chi connectivity index (χ0) is 28.8. The largest absolute Gasteiger partial charge is 0.369 e. The van der Waals surface area contributed by atoms with Crippen LogP contribution in [0.5, 0.6) is 0 Å². The normalized spacial score (nSPS) is 23.1. The maximum atomic E-state index is 14.9. The Morgan fingerprint density at radius 2 is 1.71 bits per heavy atom. The van der Waals surface area contributed by atoms with Crippen LogP contribution in [-0.4, -0.2) is 43.8 Å². The van der Waals surface area contributed by atoms with E-state index >= 15 is 0 Å². The molecule has 0 radical (unpaired) electrons. The number of carbonyl (C=O) groups excluding carboxylic acids is 1.